The maximum absolute atomic E-state index is 10.5. The lowest BCUT2D eigenvalue weighted by Gasteiger charge is -2.31. The largest absolute Gasteiger partial charge is 0.366 e. The summed E-state index contributed by atoms with van der Waals surface area (Å²) in [6, 6.07) is 0.397. The average molecular weight is 313 g/mol. The van der Waals surface area contributed by atoms with Crippen molar-refractivity contribution in [3.05, 3.63) is 11.0 Å². The lowest BCUT2D eigenvalue weighted by atomic mass is 10.1. The van der Waals surface area contributed by atoms with E-state index in [4.69, 9.17) is 11.6 Å². The highest BCUT2D eigenvalue weighted by Crippen LogP contribution is 2.36. The van der Waals surface area contributed by atoms with Crippen LogP contribution in [0.25, 0.3) is 0 Å². The minimum Gasteiger partial charge on any atom is -0.366 e. The Morgan fingerprint density at radius 1 is 1.40 bits per heavy atom. The second-order valence-corrected chi connectivity index (χ2v) is 6.54. The monoisotopic (exact) mass is 312 g/mol. The van der Waals surface area contributed by atoms with Gasteiger partial charge in [0.05, 0.1) is 17.1 Å². The van der Waals surface area contributed by atoms with Crippen LogP contribution in [0.3, 0.4) is 0 Å². The molecular formula is C13H17ClN4OS. The summed E-state index contributed by atoms with van der Waals surface area (Å²) >= 11 is 7.79. The first kappa shape index (κ1) is 14.1. The standard InChI is InChI=1S/C13H17ClN4OS/c14-13-16-10-3-8-20-11(10)12(17-13)15-9-1-4-18(5-2-9)6-7-19/h7,9H,1-6,8H2,(H,15,16,17). The fraction of sp³-hybridized carbons (Fsp3) is 0.615. The smallest absolute Gasteiger partial charge is 0.224 e. The molecule has 1 saturated heterocycles. The number of anilines is 1. The van der Waals surface area contributed by atoms with Gasteiger partial charge in [0.25, 0.3) is 0 Å². The number of nitrogens with one attached hydrogen (secondary N) is 1. The third-order valence-corrected chi connectivity index (χ3v) is 5.05. The Hall–Kier alpha value is -0.850. The van der Waals surface area contributed by atoms with Crippen LogP contribution in [0.2, 0.25) is 5.28 Å². The van der Waals surface area contributed by atoms with Gasteiger partial charge in [0.1, 0.15) is 12.1 Å². The van der Waals surface area contributed by atoms with Gasteiger partial charge in [-0.2, -0.15) is 4.98 Å². The summed E-state index contributed by atoms with van der Waals surface area (Å²) in [5.74, 6) is 1.94. The van der Waals surface area contributed by atoms with Gasteiger partial charge in [-0.1, -0.05) is 0 Å². The van der Waals surface area contributed by atoms with E-state index < -0.39 is 0 Å². The number of hydrogen-bond donors (Lipinski definition) is 1. The van der Waals surface area contributed by atoms with E-state index in [-0.39, 0.29) is 0 Å². The molecule has 20 heavy (non-hydrogen) atoms. The Morgan fingerprint density at radius 3 is 2.95 bits per heavy atom. The highest BCUT2D eigenvalue weighted by Gasteiger charge is 2.24. The Morgan fingerprint density at radius 2 is 2.20 bits per heavy atom. The zero-order chi connectivity index (χ0) is 13.9. The molecule has 1 aromatic rings. The van der Waals surface area contributed by atoms with Gasteiger partial charge < -0.3 is 10.1 Å². The van der Waals surface area contributed by atoms with Gasteiger partial charge in [-0.15, -0.1) is 11.8 Å². The van der Waals surface area contributed by atoms with Crippen LogP contribution in [-0.4, -0.2) is 52.6 Å². The summed E-state index contributed by atoms with van der Waals surface area (Å²) in [4.78, 5) is 22.5. The number of fused-ring (bicyclic) bond motifs is 1. The highest BCUT2D eigenvalue weighted by atomic mass is 35.5. The number of carbonyl (C=O) groups is 1. The normalized spacial score (nSPS) is 19.9. The number of carbonyl (C=O) groups excluding carboxylic acids is 1. The first-order chi connectivity index (χ1) is 9.76. The number of piperidine rings is 1. The molecular weight excluding hydrogens is 296 g/mol. The molecule has 2 aliphatic rings. The third-order valence-electron chi connectivity index (χ3n) is 3.75. The molecule has 0 bridgehead atoms. The van der Waals surface area contributed by atoms with Crippen molar-refractivity contribution in [2.45, 2.75) is 30.2 Å². The molecule has 0 aromatic carbocycles. The predicted octanol–water partition coefficient (Wildman–Crippen LogP) is 1.85. The number of rotatable bonds is 4. The Labute approximate surface area is 127 Å². The van der Waals surface area contributed by atoms with Crippen molar-refractivity contribution < 1.29 is 4.79 Å². The SMILES string of the molecule is O=CCN1CCC(Nc2nc(Cl)nc3c2SCC3)CC1. The first-order valence-electron chi connectivity index (χ1n) is 6.88. The summed E-state index contributed by atoms with van der Waals surface area (Å²) in [5, 5.41) is 3.84. The first-order valence-corrected chi connectivity index (χ1v) is 8.24. The van der Waals surface area contributed by atoms with Gasteiger partial charge in [0, 0.05) is 31.3 Å². The van der Waals surface area contributed by atoms with Gasteiger partial charge in [-0.3, -0.25) is 4.90 Å². The molecule has 5 nitrogen and oxygen atoms in total. The van der Waals surface area contributed by atoms with Crippen molar-refractivity contribution in [2.24, 2.45) is 0 Å². The van der Waals surface area contributed by atoms with Crippen LogP contribution >= 0.6 is 23.4 Å². The molecule has 0 saturated carbocycles. The Kier molecular flexibility index (Phi) is 4.43. The average Bonchev–Trinajstić information content (AvgIpc) is 2.89. The molecule has 0 radical (unpaired) electrons. The fourth-order valence-electron chi connectivity index (χ4n) is 2.69. The summed E-state index contributed by atoms with van der Waals surface area (Å²) < 4.78 is 0. The number of hydrogen-bond acceptors (Lipinski definition) is 6. The summed E-state index contributed by atoms with van der Waals surface area (Å²) in [5.41, 5.74) is 1.07. The Bertz CT molecular complexity index is 505. The van der Waals surface area contributed by atoms with Crippen LogP contribution in [0.1, 0.15) is 18.5 Å². The molecule has 0 atom stereocenters. The molecule has 1 fully saturated rings. The molecule has 3 heterocycles. The van der Waals surface area contributed by atoms with Crippen LogP contribution in [-0.2, 0) is 11.2 Å². The summed E-state index contributed by atoms with van der Waals surface area (Å²) in [6.07, 6.45) is 3.99. The van der Waals surface area contributed by atoms with Gasteiger partial charge in [0.15, 0.2) is 0 Å². The van der Waals surface area contributed by atoms with Crippen molar-refractivity contribution in [2.75, 3.05) is 30.7 Å². The minimum atomic E-state index is 0.326. The van der Waals surface area contributed by atoms with Crippen molar-refractivity contribution in [3.8, 4) is 0 Å². The number of nitrogens with zero attached hydrogens (tertiary/aromatic N) is 3. The molecule has 3 rings (SSSR count). The quantitative estimate of drug-likeness (QED) is 0.676. The molecule has 7 heteroatoms. The van der Waals surface area contributed by atoms with E-state index in [1.165, 1.54) is 0 Å². The second-order valence-electron chi connectivity index (χ2n) is 5.10. The number of aldehydes is 1. The van der Waals surface area contributed by atoms with Crippen molar-refractivity contribution in [3.63, 3.8) is 0 Å². The summed E-state index contributed by atoms with van der Waals surface area (Å²) in [6.45, 7) is 2.44. The zero-order valence-electron chi connectivity index (χ0n) is 11.1. The summed E-state index contributed by atoms with van der Waals surface area (Å²) in [7, 11) is 0. The third kappa shape index (κ3) is 3.07. The van der Waals surface area contributed by atoms with E-state index in [2.05, 4.69) is 20.2 Å². The second kappa shape index (κ2) is 6.28. The number of thioether (sulfide) groups is 1. The van der Waals surface area contributed by atoms with Crippen LogP contribution in [0.4, 0.5) is 5.82 Å². The molecule has 1 N–H and O–H groups in total. The zero-order valence-corrected chi connectivity index (χ0v) is 12.7. The number of halogens is 1. The predicted molar refractivity (Wildman–Crippen MR) is 80.6 cm³/mol. The fourth-order valence-corrected chi connectivity index (χ4v) is 3.94. The molecule has 2 aliphatic heterocycles. The Balaban J connectivity index is 1.66. The minimum absolute atomic E-state index is 0.326. The molecule has 0 spiro atoms. The van der Waals surface area contributed by atoms with Crippen molar-refractivity contribution in [1.29, 1.82) is 0 Å². The lowest BCUT2D eigenvalue weighted by molar-refractivity contribution is -0.109. The number of aromatic nitrogens is 2. The van der Waals surface area contributed by atoms with Gasteiger partial charge in [-0.05, 0) is 24.4 Å². The molecule has 0 amide bonds. The van der Waals surface area contributed by atoms with E-state index in [9.17, 15) is 4.79 Å². The molecule has 0 aliphatic carbocycles. The lowest BCUT2D eigenvalue weighted by Crippen LogP contribution is -2.40. The van der Waals surface area contributed by atoms with Crippen LogP contribution in [0.15, 0.2) is 4.90 Å². The maximum Gasteiger partial charge on any atom is 0.224 e. The number of aryl methyl sites for hydroxylation is 1. The molecule has 0 unspecified atom stereocenters. The molecule has 1 aromatic heterocycles. The van der Waals surface area contributed by atoms with Gasteiger partial charge in [0.2, 0.25) is 5.28 Å². The van der Waals surface area contributed by atoms with E-state index in [1.807, 2.05) is 0 Å². The van der Waals surface area contributed by atoms with E-state index in [0.717, 1.165) is 60.8 Å². The van der Waals surface area contributed by atoms with E-state index in [1.54, 1.807) is 11.8 Å². The number of likely N-dealkylation sites (tertiary alicyclic amines) is 1. The van der Waals surface area contributed by atoms with Crippen LogP contribution in [0.5, 0.6) is 0 Å². The molecule has 108 valence electrons. The highest BCUT2D eigenvalue weighted by molar-refractivity contribution is 7.99. The van der Waals surface area contributed by atoms with E-state index >= 15 is 0 Å². The maximum atomic E-state index is 10.5. The van der Waals surface area contributed by atoms with Crippen molar-refractivity contribution in [1.82, 2.24) is 14.9 Å². The topological polar surface area (TPSA) is 58.1 Å². The van der Waals surface area contributed by atoms with Crippen molar-refractivity contribution >= 4 is 35.5 Å². The van der Waals surface area contributed by atoms with Crippen LogP contribution < -0.4 is 5.32 Å². The van der Waals surface area contributed by atoms with Gasteiger partial charge >= 0.3 is 0 Å². The van der Waals surface area contributed by atoms with Crippen LogP contribution in [0, 0.1) is 0 Å². The van der Waals surface area contributed by atoms with E-state index in [0.29, 0.717) is 17.9 Å². The van der Waals surface area contributed by atoms with Gasteiger partial charge in [-0.25, -0.2) is 4.98 Å².